The van der Waals surface area contributed by atoms with Crippen LogP contribution in [0.2, 0.25) is 0 Å². The van der Waals surface area contributed by atoms with Crippen molar-refractivity contribution >= 4 is 28.8 Å². The summed E-state index contributed by atoms with van der Waals surface area (Å²) >= 11 is 1.44. The van der Waals surface area contributed by atoms with Crippen LogP contribution in [0.25, 0.3) is 0 Å². The quantitative estimate of drug-likeness (QED) is 0.474. The first-order valence-corrected chi connectivity index (χ1v) is 7.14. The summed E-state index contributed by atoms with van der Waals surface area (Å²) in [6, 6.07) is 2.84. The number of nitrogens with zero attached hydrogens (tertiary/aromatic N) is 2. The molecule has 0 radical (unpaired) electrons. The molecular weight excluding hydrogens is 310 g/mol. The molecular formula is C13H13N3O5S. The van der Waals surface area contributed by atoms with Crippen LogP contribution in [0.1, 0.15) is 22.0 Å². The van der Waals surface area contributed by atoms with E-state index in [1.807, 2.05) is 5.38 Å². The summed E-state index contributed by atoms with van der Waals surface area (Å²) in [5.41, 5.74) is 0.338. The fraction of sp³-hybridized carbons (Fsp3) is 0.231. The largest absolute Gasteiger partial charge is 0.465 e. The van der Waals surface area contributed by atoms with Crippen LogP contribution in [0, 0.1) is 10.1 Å². The van der Waals surface area contributed by atoms with Gasteiger partial charge in [0.2, 0.25) is 5.82 Å². The molecule has 0 aliphatic carbocycles. The first-order valence-electron chi connectivity index (χ1n) is 6.19. The molecule has 22 heavy (non-hydrogen) atoms. The van der Waals surface area contributed by atoms with E-state index in [1.54, 1.807) is 11.4 Å². The molecule has 2 aromatic heterocycles. The Hall–Kier alpha value is -2.52. The van der Waals surface area contributed by atoms with Crippen molar-refractivity contribution in [1.29, 1.82) is 0 Å². The summed E-state index contributed by atoms with van der Waals surface area (Å²) in [5, 5.41) is 27.4. The first kappa shape index (κ1) is 15.9. The first-order chi connectivity index (χ1) is 10.5. The minimum atomic E-state index is -0.812. The van der Waals surface area contributed by atoms with Crippen LogP contribution in [0.15, 0.2) is 29.1 Å². The molecule has 2 rings (SSSR count). The number of rotatable bonds is 6. The molecule has 0 bridgehead atoms. The molecule has 0 spiro atoms. The average molecular weight is 323 g/mol. The van der Waals surface area contributed by atoms with Crippen LogP contribution in [0.5, 0.6) is 0 Å². The van der Waals surface area contributed by atoms with Gasteiger partial charge in [0, 0.05) is 18.8 Å². The van der Waals surface area contributed by atoms with Crippen molar-refractivity contribution in [3.05, 3.63) is 50.3 Å². The number of hydrogen-bond acceptors (Lipinski definition) is 8. The molecule has 9 heteroatoms. The molecule has 116 valence electrons. The highest BCUT2D eigenvalue weighted by atomic mass is 32.1. The standard InChI is InChI=1S/C13H13N3O5S/c1-21-13(18)9-4-10(16(19)20)12(14-5-9)15-6-11(17)8-2-3-22-7-8/h2-5,7,11,17H,6H2,1H3,(H,14,15). The van der Waals surface area contributed by atoms with Gasteiger partial charge < -0.3 is 15.2 Å². The van der Waals surface area contributed by atoms with Crippen molar-refractivity contribution in [3.8, 4) is 0 Å². The van der Waals surface area contributed by atoms with Crippen LogP contribution >= 0.6 is 11.3 Å². The predicted octanol–water partition coefficient (Wildman–Crippen LogP) is 1.98. The van der Waals surface area contributed by atoms with Crippen molar-refractivity contribution in [2.45, 2.75) is 6.10 Å². The zero-order valence-corrected chi connectivity index (χ0v) is 12.4. The lowest BCUT2D eigenvalue weighted by Gasteiger charge is -2.11. The normalized spacial score (nSPS) is 11.7. The Morgan fingerprint density at radius 2 is 2.41 bits per heavy atom. The maximum Gasteiger partial charge on any atom is 0.339 e. The van der Waals surface area contributed by atoms with E-state index < -0.39 is 17.0 Å². The maximum atomic E-state index is 11.4. The summed E-state index contributed by atoms with van der Waals surface area (Å²) < 4.78 is 4.50. The number of pyridine rings is 1. The number of aromatic nitrogens is 1. The number of ether oxygens (including phenoxy) is 1. The number of hydrogen-bond donors (Lipinski definition) is 2. The molecule has 2 N–H and O–H groups in total. The lowest BCUT2D eigenvalue weighted by atomic mass is 10.2. The van der Waals surface area contributed by atoms with Gasteiger partial charge in [-0.2, -0.15) is 11.3 Å². The second-order valence-electron chi connectivity index (χ2n) is 4.29. The van der Waals surface area contributed by atoms with Crippen LogP contribution in [0.4, 0.5) is 11.5 Å². The van der Waals surface area contributed by atoms with Gasteiger partial charge in [-0.05, 0) is 22.4 Å². The van der Waals surface area contributed by atoms with Gasteiger partial charge in [0.25, 0.3) is 0 Å². The molecule has 0 fully saturated rings. The highest BCUT2D eigenvalue weighted by molar-refractivity contribution is 7.07. The summed E-state index contributed by atoms with van der Waals surface area (Å²) in [6.07, 6.45) is 0.367. The number of nitro groups is 1. The summed E-state index contributed by atoms with van der Waals surface area (Å²) in [5.74, 6) is -0.729. The third-order valence-corrected chi connectivity index (χ3v) is 3.58. The van der Waals surface area contributed by atoms with E-state index in [9.17, 15) is 20.0 Å². The molecule has 1 atom stereocenters. The van der Waals surface area contributed by atoms with Crippen LogP contribution in [0.3, 0.4) is 0 Å². The van der Waals surface area contributed by atoms with Gasteiger partial charge in [0.05, 0.1) is 23.7 Å². The molecule has 8 nitrogen and oxygen atoms in total. The third-order valence-electron chi connectivity index (χ3n) is 2.88. The van der Waals surface area contributed by atoms with Crippen molar-refractivity contribution in [1.82, 2.24) is 4.98 Å². The molecule has 0 aromatic carbocycles. The molecule has 2 heterocycles. The number of carbonyl (C=O) groups excluding carboxylic acids is 1. The van der Waals surface area contributed by atoms with E-state index in [1.165, 1.54) is 24.6 Å². The van der Waals surface area contributed by atoms with Gasteiger partial charge >= 0.3 is 11.7 Å². The number of aliphatic hydroxyl groups is 1. The van der Waals surface area contributed by atoms with E-state index >= 15 is 0 Å². The molecule has 0 saturated heterocycles. The lowest BCUT2D eigenvalue weighted by molar-refractivity contribution is -0.384. The Morgan fingerprint density at radius 3 is 3.00 bits per heavy atom. The monoisotopic (exact) mass is 323 g/mol. The number of thiophene rings is 1. The number of nitrogens with one attached hydrogen (secondary N) is 1. The topological polar surface area (TPSA) is 115 Å². The Labute approximate surface area is 129 Å². The molecule has 0 aliphatic heterocycles. The zero-order valence-electron chi connectivity index (χ0n) is 11.6. The summed E-state index contributed by atoms with van der Waals surface area (Å²) in [7, 11) is 1.18. The summed E-state index contributed by atoms with van der Waals surface area (Å²) in [6.45, 7) is 0.0577. The number of aliphatic hydroxyl groups excluding tert-OH is 1. The van der Waals surface area contributed by atoms with Gasteiger partial charge in [0.1, 0.15) is 0 Å². The molecule has 0 amide bonds. The lowest BCUT2D eigenvalue weighted by Crippen LogP contribution is -2.14. The Bertz CT molecular complexity index is 674. The van der Waals surface area contributed by atoms with E-state index in [0.29, 0.717) is 5.56 Å². The van der Waals surface area contributed by atoms with Gasteiger partial charge in [0.15, 0.2) is 0 Å². The molecule has 0 saturated carbocycles. The average Bonchev–Trinajstić information content (AvgIpc) is 3.06. The fourth-order valence-corrected chi connectivity index (χ4v) is 2.44. The number of carbonyl (C=O) groups is 1. The Morgan fingerprint density at radius 1 is 1.64 bits per heavy atom. The minimum absolute atomic E-state index is 0.0156. The highest BCUT2D eigenvalue weighted by Crippen LogP contribution is 2.24. The number of methoxy groups -OCH3 is 1. The SMILES string of the molecule is COC(=O)c1cnc(NCC(O)c2ccsc2)c([N+](=O)[O-])c1. The second-order valence-corrected chi connectivity index (χ2v) is 5.07. The number of esters is 1. The molecule has 0 aliphatic rings. The van der Waals surface area contributed by atoms with Crippen LogP contribution in [-0.2, 0) is 4.74 Å². The Balaban J connectivity index is 2.16. The van der Waals surface area contributed by atoms with Gasteiger partial charge in [-0.25, -0.2) is 9.78 Å². The van der Waals surface area contributed by atoms with Crippen molar-refractivity contribution in [2.75, 3.05) is 19.0 Å². The van der Waals surface area contributed by atoms with Crippen LogP contribution in [-0.4, -0.2) is 34.6 Å². The maximum absolute atomic E-state index is 11.4. The fourth-order valence-electron chi connectivity index (χ4n) is 1.73. The zero-order chi connectivity index (χ0) is 16.1. The van der Waals surface area contributed by atoms with E-state index in [-0.39, 0.29) is 23.6 Å². The Kier molecular flexibility index (Phi) is 5.02. The minimum Gasteiger partial charge on any atom is -0.465 e. The highest BCUT2D eigenvalue weighted by Gasteiger charge is 2.20. The smallest absolute Gasteiger partial charge is 0.339 e. The second kappa shape index (κ2) is 6.96. The van der Waals surface area contributed by atoms with E-state index in [2.05, 4.69) is 15.0 Å². The van der Waals surface area contributed by atoms with E-state index in [4.69, 9.17) is 0 Å². The molecule has 1 unspecified atom stereocenters. The van der Waals surface area contributed by atoms with Gasteiger partial charge in [-0.1, -0.05) is 0 Å². The van der Waals surface area contributed by atoms with Crippen molar-refractivity contribution < 1.29 is 19.6 Å². The van der Waals surface area contributed by atoms with Crippen molar-refractivity contribution in [2.24, 2.45) is 0 Å². The molecule has 2 aromatic rings. The van der Waals surface area contributed by atoms with Crippen molar-refractivity contribution in [3.63, 3.8) is 0 Å². The van der Waals surface area contributed by atoms with Gasteiger partial charge in [-0.3, -0.25) is 10.1 Å². The third kappa shape index (κ3) is 3.57. The summed E-state index contributed by atoms with van der Waals surface area (Å²) in [4.78, 5) is 25.7. The number of anilines is 1. The van der Waals surface area contributed by atoms with Gasteiger partial charge in [-0.15, -0.1) is 0 Å². The van der Waals surface area contributed by atoms with E-state index in [0.717, 1.165) is 6.07 Å². The predicted molar refractivity (Wildman–Crippen MR) is 80.0 cm³/mol. The van der Waals surface area contributed by atoms with Crippen LogP contribution < -0.4 is 5.32 Å².